The minimum Gasteiger partial charge on any atom is -0.354 e. The van der Waals surface area contributed by atoms with Crippen LogP contribution in [0.25, 0.3) is 0 Å². The molecule has 156 valence electrons. The fourth-order valence-corrected chi connectivity index (χ4v) is 4.18. The Kier molecular flexibility index (Phi) is 6.47. The number of carbonyl (C=O) groups excluding carboxylic acids is 1. The van der Waals surface area contributed by atoms with E-state index in [0.717, 1.165) is 25.1 Å². The molecule has 1 unspecified atom stereocenters. The largest absolute Gasteiger partial charge is 0.417 e. The van der Waals surface area contributed by atoms with E-state index in [-0.39, 0.29) is 11.9 Å². The summed E-state index contributed by atoms with van der Waals surface area (Å²) in [5.74, 6) is 0.707. The molecule has 2 fully saturated rings. The van der Waals surface area contributed by atoms with E-state index in [4.69, 9.17) is 0 Å². The van der Waals surface area contributed by atoms with Gasteiger partial charge >= 0.3 is 6.18 Å². The van der Waals surface area contributed by atoms with Crippen molar-refractivity contribution < 1.29 is 18.0 Å². The summed E-state index contributed by atoms with van der Waals surface area (Å²) in [6.07, 6.45) is 2.32. The van der Waals surface area contributed by atoms with E-state index >= 15 is 0 Å². The first kappa shape index (κ1) is 20.9. The molecule has 8 heteroatoms. The number of halogens is 3. The van der Waals surface area contributed by atoms with Gasteiger partial charge in [-0.1, -0.05) is 19.3 Å². The van der Waals surface area contributed by atoms with E-state index in [1.165, 1.54) is 25.3 Å². The van der Waals surface area contributed by atoms with Crippen molar-refractivity contribution in [2.75, 3.05) is 38.1 Å². The van der Waals surface area contributed by atoms with Crippen molar-refractivity contribution in [2.45, 2.75) is 57.3 Å². The SMILES string of the molecule is CC(C(=O)N(C)C1CCCCC1)N1CCN(c2ccc(C(F)(F)F)cn2)CC1. The second-order valence-electron chi connectivity index (χ2n) is 7.84. The third-order valence-electron chi connectivity index (χ3n) is 6.09. The zero-order chi connectivity index (χ0) is 20.3. The average Bonchev–Trinajstić information content (AvgIpc) is 2.72. The van der Waals surface area contributed by atoms with E-state index in [0.29, 0.717) is 38.0 Å². The molecule has 1 atom stereocenters. The minimum absolute atomic E-state index is 0.160. The van der Waals surface area contributed by atoms with E-state index in [1.807, 2.05) is 23.8 Å². The molecular formula is C20H29F3N4O. The first-order chi connectivity index (χ1) is 13.3. The highest BCUT2D eigenvalue weighted by Crippen LogP contribution is 2.29. The molecular weight excluding hydrogens is 369 g/mol. The second-order valence-corrected chi connectivity index (χ2v) is 7.84. The molecule has 0 spiro atoms. The topological polar surface area (TPSA) is 39.7 Å². The lowest BCUT2D eigenvalue weighted by molar-refractivity contribution is -0.138. The highest BCUT2D eigenvalue weighted by molar-refractivity contribution is 5.81. The number of carbonyl (C=O) groups is 1. The van der Waals surface area contributed by atoms with Crippen LogP contribution in [-0.2, 0) is 11.0 Å². The van der Waals surface area contributed by atoms with Gasteiger partial charge in [-0.2, -0.15) is 13.2 Å². The standard InChI is InChI=1S/C20H29F3N4O/c1-15(19(28)25(2)17-6-4-3-5-7-17)26-10-12-27(13-11-26)18-9-8-16(14-24-18)20(21,22)23/h8-9,14-15,17H,3-7,10-13H2,1-2H3. The maximum atomic E-state index is 12.9. The number of pyridine rings is 1. The van der Waals surface area contributed by atoms with Crippen LogP contribution in [-0.4, -0.2) is 66.0 Å². The van der Waals surface area contributed by atoms with Crippen LogP contribution in [0.1, 0.15) is 44.6 Å². The molecule has 2 heterocycles. The molecule has 1 saturated heterocycles. The van der Waals surface area contributed by atoms with Crippen molar-refractivity contribution in [3.8, 4) is 0 Å². The van der Waals surface area contributed by atoms with Crippen molar-refractivity contribution in [1.29, 1.82) is 0 Å². The number of nitrogens with zero attached hydrogens (tertiary/aromatic N) is 4. The van der Waals surface area contributed by atoms with Crippen molar-refractivity contribution >= 4 is 11.7 Å². The van der Waals surface area contributed by atoms with E-state index in [1.54, 1.807) is 0 Å². The Bertz CT molecular complexity index is 650. The Morgan fingerprint density at radius 2 is 1.79 bits per heavy atom. The molecule has 1 aliphatic heterocycles. The maximum Gasteiger partial charge on any atom is 0.417 e. The Morgan fingerprint density at radius 3 is 2.32 bits per heavy atom. The Labute approximate surface area is 164 Å². The first-order valence-electron chi connectivity index (χ1n) is 10.1. The zero-order valence-electron chi connectivity index (χ0n) is 16.6. The van der Waals surface area contributed by atoms with Gasteiger partial charge in [0.2, 0.25) is 5.91 Å². The molecule has 0 aromatic carbocycles. The maximum absolute atomic E-state index is 12.9. The number of rotatable bonds is 4. The van der Waals surface area contributed by atoms with Crippen LogP contribution in [0.5, 0.6) is 0 Å². The molecule has 3 rings (SSSR count). The predicted octanol–water partition coefficient (Wildman–Crippen LogP) is 3.40. The summed E-state index contributed by atoms with van der Waals surface area (Å²) in [4.78, 5) is 22.9. The first-order valence-corrected chi connectivity index (χ1v) is 10.1. The summed E-state index contributed by atoms with van der Waals surface area (Å²) < 4.78 is 38.0. The fourth-order valence-electron chi connectivity index (χ4n) is 4.18. The van der Waals surface area contributed by atoms with Gasteiger partial charge in [0.05, 0.1) is 11.6 Å². The molecule has 1 aromatic rings. The van der Waals surface area contributed by atoms with Gasteiger partial charge in [0.15, 0.2) is 0 Å². The lowest BCUT2D eigenvalue weighted by atomic mass is 9.94. The van der Waals surface area contributed by atoms with Crippen LogP contribution in [0.3, 0.4) is 0 Å². The van der Waals surface area contributed by atoms with Crippen molar-refractivity contribution in [3.05, 3.63) is 23.9 Å². The highest BCUT2D eigenvalue weighted by Gasteiger charge is 2.32. The van der Waals surface area contributed by atoms with Gasteiger partial charge in [-0.15, -0.1) is 0 Å². The predicted molar refractivity (Wildman–Crippen MR) is 102 cm³/mol. The normalized spacial score (nSPS) is 20.8. The van der Waals surface area contributed by atoms with E-state index < -0.39 is 11.7 Å². The number of alkyl halides is 3. The van der Waals surface area contributed by atoms with Crippen molar-refractivity contribution in [3.63, 3.8) is 0 Å². The summed E-state index contributed by atoms with van der Waals surface area (Å²) in [6, 6.07) is 2.65. The summed E-state index contributed by atoms with van der Waals surface area (Å²) in [6.45, 7) is 4.61. The lowest BCUT2D eigenvalue weighted by Gasteiger charge is -2.40. The third kappa shape index (κ3) is 4.77. The van der Waals surface area contributed by atoms with Gasteiger partial charge in [0, 0.05) is 45.5 Å². The van der Waals surface area contributed by atoms with Gasteiger partial charge in [-0.3, -0.25) is 9.69 Å². The minimum atomic E-state index is -4.37. The van der Waals surface area contributed by atoms with E-state index in [2.05, 4.69) is 9.88 Å². The molecule has 5 nitrogen and oxygen atoms in total. The van der Waals surface area contributed by atoms with Gasteiger partial charge in [-0.05, 0) is 31.9 Å². The fraction of sp³-hybridized carbons (Fsp3) is 0.700. The smallest absolute Gasteiger partial charge is 0.354 e. The van der Waals surface area contributed by atoms with Gasteiger partial charge in [-0.25, -0.2) is 4.98 Å². The summed E-state index contributed by atoms with van der Waals surface area (Å²) >= 11 is 0. The molecule has 1 aliphatic carbocycles. The monoisotopic (exact) mass is 398 g/mol. The quantitative estimate of drug-likeness (QED) is 0.779. The van der Waals surface area contributed by atoms with Gasteiger partial charge in [0.25, 0.3) is 0 Å². The second kappa shape index (κ2) is 8.68. The Hall–Kier alpha value is -1.83. The molecule has 28 heavy (non-hydrogen) atoms. The molecule has 1 saturated carbocycles. The lowest BCUT2D eigenvalue weighted by Crippen LogP contribution is -2.55. The number of piperazine rings is 1. The number of hydrogen-bond acceptors (Lipinski definition) is 4. The van der Waals surface area contributed by atoms with Crippen LogP contribution in [0.4, 0.5) is 19.0 Å². The van der Waals surface area contributed by atoms with Crippen LogP contribution in [0.15, 0.2) is 18.3 Å². The average molecular weight is 398 g/mol. The Morgan fingerprint density at radius 1 is 1.14 bits per heavy atom. The van der Waals surface area contributed by atoms with E-state index in [9.17, 15) is 18.0 Å². The zero-order valence-corrected chi connectivity index (χ0v) is 16.6. The van der Waals surface area contributed by atoms with Gasteiger partial charge < -0.3 is 9.80 Å². The number of aromatic nitrogens is 1. The number of amides is 1. The molecule has 0 N–H and O–H groups in total. The molecule has 0 radical (unpaired) electrons. The molecule has 1 amide bonds. The number of likely N-dealkylation sites (N-methyl/N-ethyl adjacent to an activating group) is 1. The van der Waals surface area contributed by atoms with Crippen molar-refractivity contribution in [2.24, 2.45) is 0 Å². The highest BCUT2D eigenvalue weighted by atomic mass is 19.4. The third-order valence-corrected chi connectivity index (χ3v) is 6.09. The Balaban J connectivity index is 1.53. The molecule has 1 aromatic heterocycles. The number of hydrogen-bond donors (Lipinski definition) is 0. The van der Waals surface area contributed by atoms with Crippen LogP contribution in [0.2, 0.25) is 0 Å². The van der Waals surface area contributed by atoms with Crippen LogP contribution in [0, 0.1) is 0 Å². The van der Waals surface area contributed by atoms with Crippen LogP contribution < -0.4 is 4.90 Å². The number of anilines is 1. The summed E-state index contributed by atoms with van der Waals surface area (Å²) in [7, 11) is 1.91. The van der Waals surface area contributed by atoms with Crippen LogP contribution >= 0.6 is 0 Å². The van der Waals surface area contributed by atoms with Crippen molar-refractivity contribution in [1.82, 2.24) is 14.8 Å². The summed E-state index contributed by atoms with van der Waals surface area (Å²) in [5, 5.41) is 0. The molecule has 2 aliphatic rings. The van der Waals surface area contributed by atoms with Gasteiger partial charge in [0.1, 0.15) is 5.82 Å². The molecule has 0 bridgehead atoms. The summed E-state index contributed by atoms with van der Waals surface area (Å²) in [5.41, 5.74) is -0.736.